The Morgan fingerprint density at radius 3 is 2.42 bits per heavy atom. The molecule has 0 aliphatic carbocycles. The molecule has 0 bridgehead atoms. The fraction of sp³-hybridized carbons (Fsp3) is 0.0385. The summed E-state index contributed by atoms with van der Waals surface area (Å²) in [6.07, 6.45) is 3.51. The van der Waals surface area contributed by atoms with Crippen molar-refractivity contribution in [1.29, 1.82) is 0 Å². The number of fused-ring (bicyclic) bond motifs is 1. The molecule has 4 rings (SSSR count). The summed E-state index contributed by atoms with van der Waals surface area (Å²) in [5, 5.41) is 5.32. The first-order valence-electron chi connectivity index (χ1n) is 10.9. The minimum atomic E-state index is -1.24. The molecule has 0 radical (unpaired) electrons. The van der Waals surface area contributed by atoms with E-state index >= 15 is 0 Å². The summed E-state index contributed by atoms with van der Waals surface area (Å²) in [5.74, 6) is 3.72. The van der Waals surface area contributed by atoms with E-state index in [0.29, 0.717) is 12.0 Å². The summed E-state index contributed by atoms with van der Waals surface area (Å²) in [6, 6.07) is 12.5. The number of amides is 2. The third kappa shape index (κ3) is 5.23. The lowest BCUT2D eigenvalue weighted by molar-refractivity contribution is -0.104. The molecule has 3 aromatic carbocycles. The zero-order valence-electron chi connectivity index (χ0n) is 19.8. The monoisotopic (exact) mass is 556 g/mol. The Kier molecular flexibility index (Phi) is 7.77. The van der Waals surface area contributed by atoms with Crippen molar-refractivity contribution in [2.45, 2.75) is 0 Å². The zero-order valence-corrected chi connectivity index (χ0v) is 21.3. The van der Waals surface area contributed by atoms with Crippen LogP contribution in [-0.2, 0) is 4.79 Å². The van der Waals surface area contributed by atoms with Gasteiger partial charge in [-0.25, -0.2) is 19.4 Å². The Hall–Kier alpha value is -4.25. The summed E-state index contributed by atoms with van der Waals surface area (Å²) in [7, 11) is 1.51. The van der Waals surface area contributed by atoms with Crippen LogP contribution in [-0.4, -0.2) is 24.3 Å². The number of aromatic nitrogens is 1. The van der Waals surface area contributed by atoms with Crippen molar-refractivity contribution in [1.82, 2.24) is 10.3 Å². The van der Waals surface area contributed by atoms with Gasteiger partial charge in [-0.2, -0.15) is 0 Å². The van der Waals surface area contributed by atoms with Crippen LogP contribution in [0.15, 0.2) is 72.7 Å². The van der Waals surface area contributed by atoms with Crippen LogP contribution in [0, 0.1) is 11.6 Å². The van der Waals surface area contributed by atoms with Gasteiger partial charge < -0.3 is 11.1 Å². The minimum absolute atomic E-state index is 0.102. The van der Waals surface area contributed by atoms with Gasteiger partial charge >= 0.3 is 6.03 Å². The van der Waals surface area contributed by atoms with Crippen molar-refractivity contribution < 1.29 is 18.4 Å². The number of carbonyl (C=O) groups excluding carboxylic acids is 2. The summed E-state index contributed by atoms with van der Waals surface area (Å²) in [5.41, 5.74) is 5.67. The van der Waals surface area contributed by atoms with Gasteiger partial charge in [0, 0.05) is 41.7 Å². The second-order valence-corrected chi connectivity index (χ2v) is 8.89. The zero-order chi connectivity index (χ0) is 27.6. The molecule has 0 aliphatic rings. The molecule has 0 saturated carbocycles. The number of allylic oxidation sites excluding steroid dienone is 1. The third-order valence-electron chi connectivity index (χ3n) is 5.71. The number of nitrogens with two attached hydrogens (primary N) is 2. The fourth-order valence-corrected chi connectivity index (χ4v) is 4.03. The predicted molar refractivity (Wildman–Crippen MR) is 146 cm³/mol. The third-order valence-corrected chi connectivity index (χ3v) is 6.45. The van der Waals surface area contributed by atoms with E-state index in [1.165, 1.54) is 36.3 Å². The number of urea groups is 1. The van der Waals surface area contributed by atoms with E-state index in [-0.39, 0.29) is 38.4 Å². The molecular formula is C26H20Cl2F2N6O2. The number of hydrazine groups is 1. The van der Waals surface area contributed by atoms with Gasteiger partial charge in [0.2, 0.25) is 0 Å². The van der Waals surface area contributed by atoms with Crippen molar-refractivity contribution in [3.8, 4) is 0 Å². The molecule has 0 fully saturated rings. The quantitative estimate of drug-likeness (QED) is 0.0949. The number of benzene rings is 3. The number of aldehydes is 1. The van der Waals surface area contributed by atoms with Crippen LogP contribution in [0.2, 0.25) is 10.0 Å². The number of anilines is 3. The van der Waals surface area contributed by atoms with E-state index in [1.54, 1.807) is 6.20 Å². The van der Waals surface area contributed by atoms with E-state index < -0.39 is 17.7 Å². The maximum atomic E-state index is 14.0. The van der Waals surface area contributed by atoms with Crippen LogP contribution in [0.5, 0.6) is 0 Å². The smallest absolute Gasteiger partial charge is 0.326 e. The summed E-state index contributed by atoms with van der Waals surface area (Å²) < 4.78 is 27.7. The normalized spacial score (nSPS) is 11.6. The lowest BCUT2D eigenvalue weighted by Crippen LogP contribution is -2.40. The minimum Gasteiger partial charge on any atom is -0.397 e. The molecule has 5 N–H and O–H groups in total. The highest BCUT2D eigenvalue weighted by atomic mass is 35.5. The second kappa shape index (κ2) is 11.0. The number of nitrogen functional groups attached to an aromatic ring is 1. The van der Waals surface area contributed by atoms with Crippen molar-refractivity contribution >= 4 is 69.1 Å². The van der Waals surface area contributed by atoms with E-state index in [0.717, 1.165) is 27.9 Å². The summed E-state index contributed by atoms with van der Waals surface area (Å²) in [4.78, 5) is 31.3. The number of halogens is 4. The second-order valence-electron chi connectivity index (χ2n) is 8.07. The van der Waals surface area contributed by atoms with Gasteiger partial charge in [0.1, 0.15) is 5.70 Å². The largest absolute Gasteiger partial charge is 0.397 e. The Morgan fingerprint density at radius 1 is 1.00 bits per heavy atom. The van der Waals surface area contributed by atoms with Crippen molar-refractivity contribution in [2.75, 3.05) is 22.7 Å². The molecule has 0 unspecified atom stereocenters. The molecule has 38 heavy (non-hydrogen) atoms. The van der Waals surface area contributed by atoms with Gasteiger partial charge in [-0.1, -0.05) is 53.5 Å². The highest BCUT2D eigenvalue weighted by Crippen LogP contribution is 2.31. The van der Waals surface area contributed by atoms with Gasteiger partial charge in [-0.05, 0) is 12.1 Å². The number of hydrogen-bond donors (Lipinski definition) is 3. The molecule has 0 atom stereocenters. The number of carbonyl (C=O) groups is 2. The van der Waals surface area contributed by atoms with Gasteiger partial charge in [0.25, 0.3) is 0 Å². The maximum Gasteiger partial charge on any atom is 0.326 e. The van der Waals surface area contributed by atoms with Crippen LogP contribution in [0.1, 0.15) is 5.56 Å². The number of hydrogen-bond acceptors (Lipinski definition) is 6. The van der Waals surface area contributed by atoms with Gasteiger partial charge in [0.15, 0.2) is 17.9 Å². The molecule has 2 amide bonds. The van der Waals surface area contributed by atoms with Gasteiger partial charge in [0.05, 0.1) is 39.0 Å². The first-order chi connectivity index (χ1) is 18.1. The van der Waals surface area contributed by atoms with Crippen molar-refractivity contribution in [2.24, 2.45) is 5.84 Å². The molecule has 0 aliphatic heterocycles. The lowest BCUT2D eigenvalue weighted by atomic mass is 10.1. The molecule has 4 aromatic rings. The molecule has 0 saturated heterocycles. The van der Waals surface area contributed by atoms with Crippen molar-refractivity contribution in [3.63, 3.8) is 0 Å². The van der Waals surface area contributed by atoms with Gasteiger partial charge in [-0.15, -0.1) is 0 Å². The molecule has 12 heteroatoms. The van der Waals surface area contributed by atoms with Crippen LogP contribution in [0.3, 0.4) is 0 Å². The molecular weight excluding hydrogens is 537 g/mol. The Bertz CT molecular complexity index is 1590. The highest BCUT2D eigenvalue weighted by Gasteiger charge is 2.23. The van der Waals surface area contributed by atoms with Crippen LogP contribution in [0.25, 0.3) is 16.5 Å². The predicted octanol–water partition coefficient (Wildman–Crippen LogP) is 5.50. The Morgan fingerprint density at radius 2 is 1.71 bits per heavy atom. The Balaban J connectivity index is 1.83. The van der Waals surface area contributed by atoms with E-state index in [1.807, 2.05) is 24.3 Å². The van der Waals surface area contributed by atoms with Gasteiger partial charge in [-0.3, -0.25) is 19.7 Å². The molecule has 1 heterocycles. The summed E-state index contributed by atoms with van der Waals surface area (Å²) >= 11 is 12.2. The molecule has 0 spiro atoms. The maximum absolute atomic E-state index is 14.0. The van der Waals surface area contributed by atoms with E-state index in [9.17, 15) is 18.4 Å². The SMILES string of the molecule is CN(C(=O)N/C(=C(\C=O)N(N)c1cc(F)c(F)cc1N)c1ccc(Cl)c(Cl)c1)c1cncc2ccccc12. The average molecular weight is 557 g/mol. The number of pyridine rings is 1. The number of rotatable bonds is 6. The first kappa shape index (κ1) is 26.8. The first-order valence-corrected chi connectivity index (χ1v) is 11.7. The topological polar surface area (TPSA) is 118 Å². The molecule has 1 aromatic heterocycles. The molecule has 8 nitrogen and oxygen atoms in total. The lowest BCUT2D eigenvalue weighted by Gasteiger charge is -2.26. The standard InChI is InChI=1S/C26H20Cl2F2N6O2/c1-35(23-12-33-11-15-4-2-3-5-16(15)23)26(38)34-25(14-6-7-17(27)18(28)8-14)24(13-37)36(32)22-10-20(30)19(29)9-21(22)31/h2-13H,31-32H2,1H3,(H,34,38)/b25-24+. The van der Waals surface area contributed by atoms with Crippen LogP contribution in [0.4, 0.5) is 30.6 Å². The Labute approximate surface area is 226 Å². The molecule has 194 valence electrons. The van der Waals surface area contributed by atoms with E-state index in [2.05, 4.69) is 10.3 Å². The summed E-state index contributed by atoms with van der Waals surface area (Å²) in [6.45, 7) is 0. The van der Waals surface area contributed by atoms with E-state index in [4.69, 9.17) is 34.8 Å². The van der Waals surface area contributed by atoms with Crippen LogP contribution < -0.4 is 26.8 Å². The highest BCUT2D eigenvalue weighted by molar-refractivity contribution is 6.42. The number of nitrogens with one attached hydrogen (secondary N) is 1. The number of nitrogens with zero attached hydrogens (tertiary/aromatic N) is 3. The average Bonchev–Trinajstić information content (AvgIpc) is 2.91. The van der Waals surface area contributed by atoms with Crippen LogP contribution >= 0.6 is 23.2 Å². The van der Waals surface area contributed by atoms with Crippen molar-refractivity contribution in [3.05, 3.63) is 99.9 Å². The fourth-order valence-electron chi connectivity index (χ4n) is 3.73.